The molecule has 1 amide bonds. The van der Waals surface area contributed by atoms with Crippen molar-refractivity contribution in [1.82, 2.24) is 5.32 Å². The number of rotatable bonds is 5. The summed E-state index contributed by atoms with van der Waals surface area (Å²) >= 11 is 11.0. The molecule has 0 aliphatic heterocycles. The van der Waals surface area contributed by atoms with E-state index in [0.29, 0.717) is 12.2 Å². The van der Waals surface area contributed by atoms with Crippen LogP contribution in [0.4, 0.5) is 24.5 Å². The van der Waals surface area contributed by atoms with Gasteiger partial charge >= 0.3 is 6.18 Å². The van der Waals surface area contributed by atoms with Crippen LogP contribution in [0.15, 0.2) is 65.3 Å². The van der Waals surface area contributed by atoms with Gasteiger partial charge in [-0.05, 0) is 54.2 Å². The van der Waals surface area contributed by atoms with Gasteiger partial charge in [-0.15, -0.1) is 0 Å². The van der Waals surface area contributed by atoms with Crippen molar-refractivity contribution in [1.29, 1.82) is 0 Å². The zero-order valence-electron chi connectivity index (χ0n) is 15.2. The second-order valence-corrected chi connectivity index (χ2v) is 6.89. The summed E-state index contributed by atoms with van der Waals surface area (Å²) in [5.74, 6) is -0.167. The lowest BCUT2D eigenvalue weighted by Crippen LogP contribution is -2.28. The van der Waals surface area contributed by atoms with Crippen LogP contribution in [0.1, 0.15) is 21.7 Å². The van der Waals surface area contributed by atoms with Crippen molar-refractivity contribution in [2.45, 2.75) is 12.7 Å². The Labute approximate surface area is 180 Å². The summed E-state index contributed by atoms with van der Waals surface area (Å²) in [6.07, 6.45) is -3.15. The van der Waals surface area contributed by atoms with E-state index in [1.807, 2.05) is 0 Å². The standard InChI is InChI=1S/C20H15ClF3N3O2S/c21-17-14(20(22,23)24)3-1-4-15(17)27-19(30)25-11-12-6-8-13(9-7-12)26-18(28)16-5-2-10-29-16/h1-10H,11H2,(H,26,28)(H2,25,27,30). The van der Waals surface area contributed by atoms with E-state index >= 15 is 0 Å². The summed E-state index contributed by atoms with van der Waals surface area (Å²) in [5.41, 5.74) is 0.533. The number of amides is 1. The van der Waals surface area contributed by atoms with Crippen molar-refractivity contribution in [3.05, 3.63) is 82.8 Å². The fourth-order valence-corrected chi connectivity index (χ4v) is 2.97. The Hall–Kier alpha value is -3.04. The lowest BCUT2D eigenvalue weighted by atomic mass is 10.2. The second kappa shape index (κ2) is 9.19. The smallest absolute Gasteiger partial charge is 0.417 e. The lowest BCUT2D eigenvalue weighted by Gasteiger charge is -2.15. The molecule has 3 aromatic rings. The summed E-state index contributed by atoms with van der Waals surface area (Å²) in [6.45, 7) is 0.314. The summed E-state index contributed by atoms with van der Waals surface area (Å²) in [7, 11) is 0. The zero-order chi connectivity index (χ0) is 21.7. The van der Waals surface area contributed by atoms with Crippen molar-refractivity contribution in [3.8, 4) is 0 Å². The van der Waals surface area contributed by atoms with Gasteiger partial charge in [0.25, 0.3) is 5.91 Å². The Morgan fingerprint density at radius 2 is 1.77 bits per heavy atom. The van der Waals surface area contributed by atoms with E-state index in [0.717, 1.165) is 11.6 Å². The number of carbonyl (C=O) groups excluding carboxylic acids is 1. The third-order valence-electron chi connectivity index (χ3n) is 3.96. The van der Waals surface area contributed by atoms with Crippen LogP contribution in [0.3, 0.4) is 0 Å². The zero-order valence-corrected chi connectivity index (χ0v) is 16.8. The van der Waals surface area contributed by atoms with Crippen molar-refractivity contribution in [2.24, 2.45) is 0 Å². The molecule has 0 atom stereocenters. The van der Waals surface area contributed by atoms with Gasteiger partial charge < -0.3 is 20.4 Å². The number of alkyl halides is 3. The monoisotopic (exact) mass is 453 g/mol. The number of hydrogen-bond donors (Lipinski definition) is 3. The minimum atomic E-state index is -4.56. The highest BCUT2D eigenvalue weighted by Crippen LogP contribution is 2.38. The van der Waals surface area contributed by atoms with Gasteiger partial charge in [-0.1, -0.05) is 29.8 Å². The van der Waals surface area contributed by atoms with Gasteiger partial charge in [0, 0.05) is 12.2 Å². The molecule has 0 saturated heterocycles. The van der Waals surface area contributed by atoms with Gasteiger partial charge in [-0.2, -0.15) is 13.2 Å². The second-order valence-electron chi connectivity index (χ2n) is 6.10. The molecule has 0 radical (unpaired) electrons. The molecular weight excluding hydrogens is 439 g/mol. The summed E-state index contributed by atoms with van der Waals surface area (Å²) in [4.78, 5) is 11.9. The first-order valence-electron chi connectivity index (χ1n) is 8.58. The van der Waals surface area contributed by atoms with Gasteiger partial charge in [0.1, 0.15) is 0 Å². The first-order valence-corrected chi connectivity index (χ1v) is 9.37. The number of thiocarbonyl (C=S) groups is 1. The molecule has 3 rings (SSSR count). The molecule has 0 saturated carbocycles. The highest BCUT2D eigenvalue weighted by molar-refractivity contribution is 7.80. The normalized spacial score (nSPS) is 11.1. The molecule has 0 aliphatic rings. The number of nitrogens with one attached hydrogen (secondary N) is 3. The number of furan rings is 1. The first kappa shape index (κ1) is 21.7. The van der Waals surface area contributed by atoms with E-state index < -0.39 is 16.8 Å². The number of carbonyl (C=O) groups is 1. The Balaban J connectivity index is 1.55. The van der Waals surface area contributed by atoms with Crippen molar-refractivity contribution in [3.63, 3.8) is 0 Å². The Morgan fingerprint density at radius 3 is 2.40 bits per heavy atom. The van der Waals surface area contributed by atoms with Gasteiger partial charge in [0.15, 0.2) is 10.9 Å². The van der Waals surface area contributed by atoms with Gasteiger partial charge in [0.05, 0.1) is 22.5 Å². The third-order valence-corrected chi connectivity index (χ3v) is 4.62. The average molecular weight is 454 g/mol. The predicted octanol–water partition coefficient (Wildman–Crippen LogP) is 5.69. The Bertz CT molecular complexity index is 1040. The van der Waals surface area contributed by atoms with Crippen LogP contribution in [0.2, 0.25) is 5.02 Å². The fourth-order valence-electron chi connectivity index (χ4n) is 2.50. The molecule has 0 spiro atoms. The molecule has 0 unspecified atom stereocenters. The van der Waals surface area contributed by atoms with E-state index in [2.05, 4.69) is 16.0 Å². The lowest BCUT2D eigenvalue weighted by molar-refractivity contribution is -0.137. The van der Waals surface area contributed by atoms with Crippen molar-refractivity contribution in [2.75, 3.05) is 10.6 Å². The van der Waals surface area contributed by atoms with Crippen LogP contribution in [0.25, 0.3) is 0 Å². The van der Waals surface area contributed by atoms with E-state index in [4.69, 9.17) is 28.2 Å². The molecule has 3 N–H and O–H groups in total. The molecule has 0 fully saturated rings. The topological polar surface area (TPSA) is 66.3 Å². The highest BCUT2D eigenvalue weighted by Gasteiger charge is 2.33. The molecule has 10 heteroatoms. The van der Waals surface area contributed by atoms with Crippen LogP contribution in [-0.4, -0.2) is 11.0 Å². The predicted molar refractivity (Wildman–Crippen MR) is 113 cm³/mol. The fraction of sp³-hybridized carbons (Fsp3) is 0.100. The minimum Gasteiger partial charge on any atom is -0.459 e. The van der Waals surface area contributed by atoms with Crippen molar-refractivity contribution >= 4 is 46.2 Å². The maximum absolute atomic E-state index is 12.9. The third kappa shape index (κ3) is 5.52. The molecule has 1 aromatic heterocycles. The quantitative estimate of drug-likeness (QED) is 0.433. The molecule has 2 aromatic carbocycles. The summed E-state index contributed by atoms with van der Waals surface area (Å²) in [5, 5.41) is 7.92. The van der Waals surface area contributed by atoms with Crippen molar-refractivity contribution < 1.29 is 22.4 Å². The highest BCUT2D eigenvalue weighted by atomic mass is 35.5. The molecule has 30 heavy (non-hydrogen) atoms. The average Bonchev–Trinajstić information content (AvgIpc) is 3.23. The molecule has 156 valence electrons. The number of benzene rings is 2. The molecule has 5 nitrogen and oxygen atoms in total. The van der Waals surface area contributed by atoms with Gasteiger partial charge in [0.2, 0.25) is 0 Å². The Morgan fingerprint density at radius 1 is 1.03 bits per heavy atom. The maximum Gasteiger partial charge on any atom is 0.417 e. The van der Waals surface area contributed by atoms with E-state index in [1.165, 1.54) is 18.4 Å². The van der Waals surface area contributed by atoms with Crippen LogP contribution in [0.5, 0.6) is 0 Å². The Kier molecular flexibility index (Phi) is 6.63. The van der Waals surface area contributed by atoms with Crippen LogP contribution < -0.4 is 16.0 Å². The number of halogens is 4. The van der Waals surface area contributed by atoms with Crippen LogP contribution >= 0.6 is 23.8 Å². The SMILES string of the molecule is O=C(Nc1ccc(CNC(=S)Nc2cccc(C(F)(F)F)c2Cl)cc1)c1ccco1. The van der Waals surface area contributed by atoms with Gasteiger partial charge in [-0.25, -0.2) is 0 Å². The van der Waals surface area contributed by atoms with Gasteiger partial charge in [-0.3, -0.25) is 4.79 Å². The maximum atomic E-state index is 12.9. The molecular formula is C20H15ClF3N3O2S. The minimum absolute atomic E-state index is 0.0555. The van der Waals surface area contributed by atoms with E-state index in [9.17, 15) is 18.0 Å². The molecule has 0 aliphatic carbocycles. The summed E-state index contributed by atoms with van der Waals surface area (Å²) < 4.78 is 43.8. The largest absolute Gasteiger partial charge is 0.459 e. The van der Waals surface area contributed by atoms with E-state index in [1.54, 1.807) is 36.4 Å². The van der Waals surface area contributed by atoms with Crippen LogP contribution in [0, 0.1) is 0 Å². The first-order chi connectivity index (χ1) is 14.2. The number of anilines is 2. The molecule has 0 bridgehead atoms. The number of hydrogen-bond acceptors (Lipinski definition) is 3. The molecule has 1 heterocycles. The van der Waals surface area contributed by atoms with Crippen LogP contribution in [-0.2, 0) is 12.7 Å². The van der Waals surface area contributed by atoms with E-state index in [-0.39, 0.29) is 22.5 Å². The summed E-state index contributed by atoms with van der Waals surface area (Å²) in [6, 6.07) is 13.7.